The Balaban J connectivity index is 2.55. The molecule has 0 unspecified atom stereocenters. The Morgan fingerprint density at radius 2 is 2.05 bits per heavy atom. The van der Waals surface area contributed by atoms with Gasteiger partial charge in [-0.25, -0.2) is 0 Å². The summed E-state index contributed by atoms with van der Waals surface area (Å²) in [7, 11) is 3.89. The molecule has 2 rings (SSSR count). The summed E-state index contributed by atoms with van der Waals surface area (Å²) in [6, 6.07) is 8.27. The summed E-state index contributed by atoms with van der Waals surface area (Å²) < 4.78 is 1.81. The quantitative estimate of drug-likeness (QED) is 0.873. The highest BCUT2D eigenvalue weighted by Crippen LogP contribution is 2.28. The Kier molecular flexibility index (Phi) is 3.57. The van der Waals surface area contributed by atoms with Crippen molar-refractivity contribution in [2.45, 2.75) is 13.8 Å². The first-order valence-electron chi connectivity index (χ1n) is 6.05. The van der Waals surface area contributed by atoms with Crippen LogP contribution >= 0.6 is 12.2 Å². The van der Waals surface area contributed by atoms with Crippen LogP contribution in [0.1, 0.15) is 16.8 Å². The molecule has 0 amide bonds. The zero-order chi connectivity index (χ0) is 14.2. The third kappa shape index (κ3) is 2.46. The van der Waals surface area contributed by atoms with Crippen LogP contribution in [0.25, 0.3) is 0 Å². The fourth-order valence-corrected chi connectivity index (χ4v) is 2.52. The molecule has 1 aromatic carbocycles. The van der Waals surface area contributed by atoms with Crippen molar-refractivity contribution >= 4 is 28.7 Å². The van der Waals surface area contributed by atoms with Crippen molar-refractivity contribution in [3.63, 3.8) is 0 Å². The van der Waals surface area contributed by atoms with Crippen molar-refractivity contribution in [1.82, 2.24) is 9.78 Å². The number of aromatic nitrogens is 2. The molecule has 0 spiro atoms. The van der Waals surface area contributed by atoms with Gasteiger partial charge in [-0.15, -0.1) is 0 Å². The molecule has 2 N–H and O–H groups in total. The summed E-state index contributed by atoms with van der Waals surface area (Å²) in [6.07, 6.45) is 0. The zero-order valence-corrected chi connectivity index (χ0v) is 12.5. The van der Waals surface area contributed by atoms with E-state index in [1.807, 2.05) is 31.8 Å². The van der Waals surface area contributed by atoms with Gasteiger partial charge in [0.05, 0.1) is 11.3 Å². The third-order valence-corrected chi connectivity index (χ3v) is 3.35. The minimum atomic E-state index is 0.375. The maximum atomic E-state index is 5.83. The van der Waals surface area contributed by atoms with Crippen molar-refractivity contribution < 1.29 is 0 Å². The van der Waals surface area contributed by atoms with E-state index < -0.39 is 0 Å². The first-order valence-corrected chi connectivity index (χ1v) is 6.46. The van der Waals surface area contributed by atoms with Crippen molar-refractivity contribution in [2.75, 3.05) is 11.9 Å². The summed E-state index contributed by atoms with van der Waals surface area (Å²) >= 11 is 5.14. The van der Waals surface area contributed by atoms with E-state index in [0.717, 1.165) is 22.8 Å². The first kappa shape index (κ1) is 13.5. The molecular formula is C14H18N4S. The van der Waals surface area contributed by atoms with E-state index in [2.05, 4.69) is 35.1 Å². The van der Waals surface area contributed by atoms with Gasteiger partial charge in [-0.2, -0.15) is 5.10 Å². The molecule has 1 heterocycles. The van der Waals surface area contributed by atoms with Crippen LogP contribution in [0, 0.1) is 13.8 Å². The molecule has 4 nitrogen and oxygen atoms in total. The van der Waals surface area contributed by atoms with E-state index in [-0.39, 0.29) is 0 Å². The second kappa shape index (κ2) is 5.01. The smallest absolute Gasteiger partial charge is 0.141 e. The summed E-state index contributed by atoms with van der Waals surface area (Å²) in [5, 5.41) is 4.41. The minimum Gasteiger partial charge on any atom is -0.389 e. The van der Waals surface area contributed by atoms with Crippen LogP contribution in [0.5, 0.6) is 0 Å². The molecule has 100 valence electrons. The molecule has 0 aliphatic heterocycles. The molecule has 0 atom stereocenters. The highest BCUT2D eigenvalue weighted by atomic mass is 32.1. The lowest BCUT2D eigenvalue weighted by Crippen LogP contribution is -2.19. The van der Waals surface area contributed by atoms with Gasteiger partial charge < -0.3 is 10.6 Å². The SMILES string of the molecule is Cc1cccc(N(C)c2c(C(N)=S)c(C)nn2C)c1. The molecule has 19 heavy (non-hydrogen) atoms. The van der Waals surface area contributed by atoms with Gasteiger partial charge in [0.15, 0.2) is 0 Å². The van der Waals surface area contributed by atoms with Gasteiger partial charge in [0.1, 0.15) is 10.8 Å². The number of rotatable bonds is 3. The van der Waals surface area contributed by atoms with Crippen molar-refractivity contribution in [2.24, 2.45) is 12.8 Å². The molecule has 5 heteroatoms. The maximum Gasteiger partial charge on any atom is 0.141 e. The fourth-order valence-electron chi connectivity index (χ4n) is 2.28. The van der Waals surface area contributed by atoms with E-state index in [0.29, 0.717) is 4.99 Å². The Bertz CT molecular complexity index is 630. The number of thiocarbonyl (C=S) groups is 1. The predicted molar refractivity (Wildman–Crippen MR) is 83.1 cm³/mol. The molecule has 2 aromatic rings. The van der Waals surface area contributed by atoms with Crippen LogP contribution in [0.4, 0.5) is 11.5 Å². The molecule has 0 aliphatic carbocycles. The highest BCUT2D eigenvalue weighted by molar-refractivity contribution is 7.80. The van der Waals surface area contributed by atoms with Gasteiger partial charge in [0, 0.05) is 19.8 Å². The normalized spacial score (nSPS) is 10.5. The van der Waals surface area contributed by atoms with Crippen molar-refractivity contribution in [3.8, 4) is 0 Å². The summed E-state index contributed by atoms with van der Waals surface area (Å²) in [5.41, 5.74) is 9.80. The lowest BCUT2D eigenvalue weighted by molar-refractivity contribution is 0.750. The highest BCUT2D eigenvalue weighted by Gasteiger charge is 2.19. The number of hydrogen-bond acceptors (Lipinski definition) is 3. The molecule has 0 saturated carbocycles. The van der Waals surface area contributed by atoms with Gasteiger partial charge in [-0.1, -0.05) is 24.4 Å². The molecule has 0 radical (unpaired) electrons. The number of benzene rings is 1. The van der Waals surface area contributed by atoms with E-state index in [9.17, 15) is 0 Å². The van der Waals surface area contributed by atoms with Gasteiger partial charge >= 0.3 is 0 Å². The Morgan fingerprint density at radius 3 is 2.63 bits per heavy atom. The molecule has 0 saturated heterocycles. The average molecular weight is 274 g/mol. The maximum absolute atomic E-state index is 5.83. The monoisotopic (exact) mass is 274 g/mol. The van der Waals surface area contributed by atoms with E-state index in [1.165, 1.54) is 5.56 Å². The van der Waals surface area contributed by atoms with Gasteiger partial charge in [0.2, 0.25) is 0 Å². The van der Waals surface area contributed by atoms with E-state index in [4.69, 9.17) is 18.0 Å². The lowest BCUT2D eigenvalue weighted by Gasteiger charge is -2.21. The van der Waals surface area contributed by atoms with E-state index in [1.54, 1.807) is 0 Å². The summed E-state index contributed by atoms with van der Waals surface area (Å²) in [6.45, 7) is 3.99. The van der Waals surface area contributed by atoms with Crippen LogP contribution < -0.4 is 10.6 Å². The number of nitrogens with zero attached hydrogens (tertiary/aromatic N) is 3. The minimum absolute atomic E-state index is 0.375. The van der Waals surface area contributed by atoms with E-state index >= 15 is 0 Å². The van der Waals surface area contributed by atoms with Crippen LogP contribution in [-0.4, -0.2) is 21.8 Å². The Hall–Kier alpha value is -1.88. The topological polar surface area (TPSA) is 47.1 Å². The summed E-state index contributed by atoms with van der Waals surface area (Å²) in [5.74, 6) is 0.913. The van der Waals surface area contributed by atoms with Crippen molar-refractivity contribution in [1.29, 1.82) is 0 Å². The average Bonchev–Trinajstić information content (AvgIpc) is 2.63. The predicted octanol–water partition coefficient (Wildman–Crippen LogP) is 2.44. The standard InChI is InChI=1S/C14H18N4S/c1-9-6-5-7-11(8-9)17(3)14-12(13(15)19)10(2)16-18(14)4/h5-8H,1-4H3,(H2,15,19). The molecule has 0 aliphatic rings. The number of nitrogens with two attached hydrogens (primary N) is 1. The molecule has 1 aromatic heterocycles. The van der Waals surface area contributed by atoms with Crippen LogP contribution in [0.15, 0.2) is 24.3 Å². The second-order valence-corrected chi connectivity index (χ2v) is 5.11. The number of aryl methyl sites for hydroxylation is 3. The Labute approximate surface area is 118 Å². The first-order chi connectivity index (χ1) is 8.91. The van der Waals surface area contributed by atoms with Crippen LogP contribution in [-0.2, 0) is 7.05 Å². The van der Waals surface area contributed by atoms with Crippen LogP contribution in [0.2, 0.25) is 0 Å². The fraction of sp³-hybridized carbons (Fsp3) is 0.286. The molecule has 0 fully saturated rings. The number of hydrogen-bond donors (Lipinski definition) is 1. The lowest BCUT2D eigenvalue weighted by atomic mass is 10.2. The van der Waals surface area contributed by atoms with Gasteiger partial charge in [-0.3, -0.25) is 4.68 Å². The second-order valence-electron chi connectivity index (χ2n) is 4.67. The zero-order valence-electron chi connectivity index (χ0n) is 11.6. The van der Waals surface area contributed by atoms with Gasteiger partial charge in [-0.05, 0) is 31.5 Å². The largest absolute Gasteiger partial charge is 0.389 e. The van der Waals surface area contributed by atoms with Crippen molar-refractivity contribution in [3.05, 3.63) is 41.1 Å². The molecule has 0 bridgehead atoms. The summed E-state index contributed by atoms with van der Waals surface area (Å²) in [4.78, 5) is 2.43. The Morgan fingerprint density at radius 1 is 1.37 bits per heavy atom. The van der Waals surface area contributed by atoms with Crippen LogP contribution in [0.3, 0.4) is 0 Å². The van der Waals surface area contributed by atoms with Gasteiger partial charge in [0.25, 0.3) is 0 Å². The molecular weight excluding hydrogens is 256 g/mol. The third-order valence-electron chi connectivity index (χ3n) is 3.14. The number of anilines is 2.